The molecule has 65 heavy (non-hydrogen) atoms. The Morgan fingerprint density at radius 1 is 0.585 bits per heavy atom. The first-order valence-corrected chi connectivity index (χ1v) is 25.5. The van der Waals surface area contributed by atoms with Gasteiger partial charge in [-0.1, -0.05) is 19.3 Å². The smallest absolute Gasteiger partial charge is 0.330 e. The molecule has 2 unspecified atom stereocenters. The second-order valence-corrected chi connectivity index (χ2v) is 20.6. The number of ether oxygens (including phenoxy) is 4. The van der Waals surface area contributed by atoms with Crippen LogP contribution in [-0.2, 0) is 56.3 Å². The fourth-order valence-electron chi connectivity index (χ4n) is 7.57. The largest absolute Gasteiger partial charge is 0.394 e. The molecule has 3 fully saturated rings. The summed E-state index contributed by atoms with van der Waals surface area (Å²) >= 11 is 4.18. The zero-order valence-electron chi connectivity index (χ0n) is 36.5. The van der Waals surface area contributed by atoms with Gasteiger partial charge in [-0.2, -0.15) is 12.6 Å². The highest BCUT2D eigenvalue weighted by molar-refractivity contribution is 7.80. The van der Waals surface area contributed by atoms with Gasteiger partial charge in [-0.3, -0.25) is 28.3 Å². The Hall–Kier alpha value is -1.91. The van der Waals surface area contributed by atoms with Crippen LogP contribution >= 0.6 is 27.8 Å². The highest BCUT2D eigenvalue weighted by Gasteiger charge is 2.51. The number of carbonyl (C=O) groups excluding carboxylic acids is 4. The van der Waals surface area contributed by atoms with Crippen LogP contribution in [0, 0.1) is 0 Å². The molecule has 3 saturated heterocycles. The molecule has 0 aromatic heterocycles. The maximum atomic E-state index is 13.6. The van der Waals surface area contributed by atoms with E-state index in [0.29, 0.717) is 12.8 Å². The third kappa shape index (κ3) is 18.5. The van der Waals surface area contributed by atoms with Crippen LogP contribution in [0.25, 0.3) is 0 Å². The topological polar surface area (TPSA) is 388 Å². The molecule has 4 amide bonds. The molecule has 0 aliphatic carbocycles. The summed E-state index contributed by atoms with van der Waals surface area (Å²) in [5.41, 5.74) is 0. The molecule has 28 heteroatoms. The van der Waals surface area contributed by atoms with Crippen molar-refractivity contribution in [1.82, 2.24) is 21.3 Å². The number of nitrogens with one attached hydrogen (secondary N) is 4. The number of carbonyl (C=O) groups is 4. The van der Waals surface area contributed by atoms with E-state index in [1.165, 1.54) is 0 Å². The number of thiol groups is 1. The monoisotopic (exact) mass is 998 g/mol. The Labute approximate surface area is 382 Å². The van der Waals surface area contributed by atoms with Gasteiger partial charge in [0.05, 0.1) is 63.0 Å². The van der Waals surface area contributed by atoms with Gasteiger partial charge in [0.1, 0.15) is 61.0 Å². The number of unbranched alkanes of at least 4 members (excludes halogenated alkanes) is 4. The Bertz CT molecular complexity index is 1630. The molecule has 0 spiro atoms. The summed E-state index contributed by atoms with van der Waals surface area (Å²) in [7, 11) is -9.76. The molecule has 25 nitrogen and oxygen atoms in total. The summed E-state index contributed by atoms with van der Waals surface area (Å²) in [6, 6.07) is -4.29. The molecule has 0 bridgehead atoms. The van der Waals surface area contributed by atoms with E-state index >= 15 is 0 Å². The molecule has 13 N–H and O–H groups in total. The average Bonchev–Trinajstić information content (AvgIpc) is 3.22. The van der Waals surface area contributed by atoms with E-state index < -0.39 is 157 Å². The number of amides is 4. The number of rotatable bonds is 26. The second kappa shape index (κ2) is 27.3. The van der Waals surface area contributed by atoms with Crippen LogP contribution in [0.1, 0.15) is 65.7 Å². The fourth-order valence-corrected chi connectivity index (χ4v) is 10.3. The highest BCUT2D eigenvalue weighted by atomic mass is 32.1. The van der Waals surface area contributed by atoms with Crippen molar-refractivity contribution < 1.29 is 102 Å². The van der Waals surface area contributed by atoms with E-state index in [4.69, 9.17) is 28.0 Å². The van der Waals surface area contributed by atoms with Crippen LogP contribution in [0.5, 0.6) is 0 Å². The second-order valence-electron chi connectivity index (χ2n) is 16.3. The van der Waals surface area contributed by atoms with E-state index in [2.05, 4.69) is 33.9 Å². The summed E-state index contributed by atoms with van der Waals surface area (Å²) < 4.78 is 60.1. The Kier molecular flexibility index (Phi) is 24.1. The Morgan fingerprint density at radius 3 is 1.51 bits per heavy atom. The lowest BCUT2D eigenvalue weighted by atomic mass is 9.93. The number of hydrogen-bond donors (Lipinski definition) is 14. The molecular weight excluding hydrogens is 930 g/mol. The number of hydrogen-bond acceptors (Lipinski definition) is 20. The molecule has 3 aliphatic heterocycles. The molecule has 0 aromatic carbocycles. The third-order valence-corrected chi connectivity index (χ3v) is 13.9. The predicted molar refractivity (Wildman–Crippen MR) is 228 cm³/mol. The molecule has 17 atom stereocenters. The van der Waals surface area contributed by atoms with Crippen molar-refractivity contribution in [3.05, 3.63) is 0 Å². The van der Waals surface area contributed by atoms with E-state index in [9.17, 15) is 73.8 Å². The van der Waals surface area contributed by atoms with Crippen LogP contribution < -0.4 is 21.3 Å². The van der Waals surface area contributed by atoms with Gasteiger partial charge in [0.25, 0.3) is 0 Å². The molecule has 3 aliphatic rings. The van der Waals surface area contributed by atoms with Gasteiger partial charge in [0.15, 0.2) is 6.29 Å². The van der Waals surface area contributed by atoms with Crippen molar-refractivity contribution in [3.63, 3.8) is 0 Å². The van der Waals surface area contributed by atoms with Crippen molar-refractivity contribution in [3.8, 4) is 0 Å². The third-order valence-electron chi connectivity index (χ3n) is 10.9. The highest BCUT2D eigenvalue weighted by Crippen LogP contribution is 2.47. The molecule has 3 rings (SSSR count). The lowest BCUT2D eigenvalue weighted by molar-refractivity contribution is -0.269. The van der Waals surface area contributed by atoms with E-state index in [-0.39, 0.29) is 19.1 Å². The molecule has 3 heterocycles. The van der Waals surface area contributed by atoms with Gasteiger partial charge in [0, 0.05) is 33.7 Å². The van der Waals surface area contributed by atoms with Gasteiger partial charge < -0.3 is 94.8 Å². The Balaban J connectivity index is 1.64. The zero-order chi connectivity index (χ0) is 48.6. The summed E-state index contributed by atoms with van der Waals surface area (Å²) in [6.07, 6.45) is -16.6. The van der Waals surface area contributed by atoms with Crippen molar-refractivity contribution in [1.29, 1.82) is 0 Å². The van der Waals surface area contributed by atoms with Crippen LogP contribution in [0.3, 0.4) is 0 Å². The number of aliphatic hydroxyl groups excluding tert-OH is 7. The minimum Gasteiger partial charge on any atom is -0.394 e. The first kappa shape index (κ1) is 57.4. The fraction of sp³-hybridized carbons (Fsp3) is 0.892. The standard InChI is InChI=1S/C37H68N4O21P2S/c1-19(43)39-28-25(60-22(14-42)31(47)34(28)50)17-63(53,54)58-15-23-32(48)35(51)29(40-20(2)44)26(61-23)18-64(55,56)59-16-24-33(49)36(52)30(41-21(3)45)37(62-24)57-12-9-11-38-27(46)10-7-5-4-6-8-13-65/h22-26,28-37,42,47-52,65H,4-18H2,1-3H3,(H,38,46)(H,39,43)(H,40,44)(H,41,45)(H,53,54)(H,55,56)/t22-,23-,24-,25-,26-,28-,29-,30+,31-,32-,33-,34-,35-,36-,37+/m1/s1. The van der Waals surface area contributed by atoms with Crippen molar-refractivity contribution >= 4 is 51.4 Å². The molecule has 378 valence electrons. The summed E-state index contributed by atoms with van der Waals surface area (Å²) in [4.78, 5) is 69.8. The van der Waals surface area contributed by atoms with Crippen molar-refractivity contribution in [2.24, 2.45) is 0 Å². The van der Waals surface area contributed by atoms with E-state index in [1.807, 2.05) is 0 Å². The first-order valence-electron chi connectivity index (χ1n) is 21.4. The minimum absolute atomic E-state index is 0.0443. The lowest BCUT2D eigenvalue weighted by Gasteiger charge is -2.44. The molecule has 0 radical (unpaired) electrons. The zero-order valence-corrected chi connectivity index (χ0v) is 39.2. The SMILES string of the molecule is CC(=O)N[C@@H]1[C@@H](OCCCNC(=O)CCCCCCCS)O[C@H](COP(=O)(O)C[C@H]2O[C@H](COP(=O)(O)C[C@H]3O[C@H](CO)[C@@H](O)[C@H](O)[C@@H]3NC(C)=O)[C@@H](O)[C@H](O)[C@@H]2NC(C)=O)[C@@H](O)[C@@H]1O. The Morgan fingerprint density at radius 2 is 1.02 bits per heavy atom. The van der Waals surface area contributed by atoms with Crippen LogP contribution in [0.4, 0.5) is 0 Å². The van der Waals surface area contributed by atoms with Crippen molar-refractivity contribution in [2.75, 3.05) is 51.0 Å². The summed E-state index contributed by atoms with van der Waals surface area (Å²) in [6.45, 7) is 0.845. The summed E-state index contributed by atoms with van der Waals surface area (Å²) in [5.74, 6) is -1.37. The maximum Gasteiger partial charge on any atom is 0.330 e. The minimum atomic E-state index is -4.91. The lowest BCUT2D eigenvalue weighted by Crippen LogP contribution is -2.65. The normalized spacial score (nSPS) is 34.7. The van der Waals surface area contributed by atoms with Crippen molar-refractivity contribution in [2.45, 2.75) is 157 Å². The molecule has 0 aromatic rings. The number of aliphatic hydroxyl groups is 7. The van der Waals surface area contributed by atoms with Gasteiger partial charge in [-0.25, -0.2) is 0 Å². The summed E-state index contributed by atoms with van der Waals surface area (Å²) in [5, 5.41) is 84.0. The van der Waals surface area contributed by atoms with Crippen LogP contribution in [0.2, 0.25) is 0 Å². The van der Waals surface area contributed by atoms with Gasteiger partial charge in [-0.05, 0) is 25.0 Å². The van der Waals surface area contributed by atoms with Gasteiger partial charge >= 0.3 is 15.2 Å². The van der Waals surface area contributed by atoms with E-state index in [1.54, 1.807) is 0 Å². The van der Waals surface area contributed by atoms with E-state index in [0.717, 1.165) is 58.6 Å². The predicted octanol–water partition coefficient (Wildman–Crippen LogP) is -3.88. The quantitative estimate of drug-likeness (QED) is 0.0224. The van der Waals surface area contributed by atoms with Crippen LogP contribution in [0.15, 0.2) is 0 Å². The van der Waals surface area contributed by atoms with Gasteiger partial charge in [-0.15, -0.1) is 0 Å². The maximum absolute atomic E-state index is 13.6. The van der Waals surface area contributed by atoms with Crippen LogP contribution in [-0.4, -0.2) is 212 Å². The molecular formula is C37H68N4O21P2S. The average molecular weight is 999 g/mol. The van der Waals surface area contributed by atoms with Gasteiger partial charge in [0.2, 0.25) is 23.6 Å². The first-order chi connectivity index (χ1) is 30.5. The molecule has 0 saturated carbocycles.